The Labute approximate surface area is 194 Å². The number of amides is 1. The van der Waals surface area contributed by atoms with Crippen molar-refractivity contribution in [2.45, 2.75) is 30.6 Å². The Hall–Kier alpha value is -2.42. The van der Waals surface area contributed by atoms with Gasteiger partial charge in [-0.3, -0.25) is 9.36 Å². The summed E-state index contributed by atoms with van der Waals surface area (Å²) in [6.07, 6.45) is 2.10. The maximum absolute atomic E-state index is 12.5. The second-order valence-electron chi connectivity index (χ2n) is 6.90. The van der Waals surface area contributed by atoms with Crippen LogP contribution in [0.5, 0.6) is 11.5 Å². The summed E-state index contributed by atoms with van der Waals surface area (Å²) in [5.74, 6) is 1.83. The van der Waals surface area contributed by atoms with Crippen LogP contribution in [0.3, 0.4) is 0 Å². The highest BCUT2D eigenvalue weighted by Gasteiger charge is 2.30. The van der Waals surface area contributed by atoms with Crippen LogP contribution in [0.25, 0.3) is 0 Å². The van der Waals surface area contributed by atoms with Crippen LogP contribution in [0.4, 0.5) is 5.69 Å². The van der Waals surface area contributed by atoms with Gasteiger partial charge in [0.2, 0.25) is 5.91 Å². The number of halogens is 2. The summed E-state index contributed by atoms with van der Waals surface area (Å²) >= 11 is 13.5. The zero-order chi connectivity index (χ0) is 21.8. The molecule has 0 aliphatic heterocycles. The maximum Gasteiger partial charge on any atom is 0.234 e. The van der Waals surface area contributed by atoms with Gasteiger partial charge in [-0.05, 0) is 43.2 Å². The summed E-state index contributed by atoms with van der Waals surface area (Å²) in [5.41, 5.74) is 0.526. The minimum Gasteiger partial charge on any atom is -0.495 e. The number of para-hydroxylation sites is 1. The lowest BCUT2D eigenvalue weighted by Gasteiger charge is -2.12. The minimum absolute atomic E-state index is 0.173. The number of anilines is 1. The van der Waals surface area contributed by atoms with E-state index in [2.05, 4.69) is 20.1 Å². The van der Waals surface area contributed by atoms with E-state index >= 15 is 0 Å². The number of carbonyl (C=O) groups excluding carboxylic acids is 1. The van der Waals surface area contributed by atoms with Gasteiger partial charge in [0.05, 0.1) is 23.6 Å². The van der Waals surface area contributed by atoms with Crippen LogP contribution in [-0.4, -0.2) is 33.5 Å². The van der Waals surface area contributed by atoms with Gasteiger partial charge in [-0.15, -0.1) is 10.2 Å². The second-order valence-corrected chi connectivity index (χ2v) is 8.69. The molecule has 0 saturated heterocycles. The molecule has 0 bridgehead atoms. The van der Waals surface area contributed by atoms with Crippen LogP contribution in [0.15, 0.2) is 47.6 Å². The molecular weight excluding hydrogens is 459 g/mol. The average molecular weight is 479 g/mol. The Kier molecular flexibility index (Phi) is 6.89. The van der Waals surface area contributed by atoms with Crippen molar-refractivity contribution in [3.8, 4) is 11.5 Å². The van der Waals surface area contributed by atoms with Crippen LogP contribution in [0, 0.1) is 0 Å². The first-order chi connectivity index (χ1) is 15.0. The number of methoxy groups -OCH3 is 1. The molecule has 1 amide bonds. The number of ether oxygens (including phenoxy) is 2. The molecule has 7 nitrogen and oxygen atoms in total. The van der Waals surface area contributed by atoms with Gasteiger partial charge in [0.25, 0.3) is 0 Å². The largest absolute Gasteiger partial charge is 0.495 e. The summed E-state index contributed by atoms with van der Waals surface area (Å²) in [5, 5.41) is 13.1. The number of thioether (sulfide) groups is 1. The molecule has 0 unspecified atom stereocenters. The zero-order valence-corrected chi connectivity index (χ0v) is 19.0. The third kappa shape index (κ3) is 5.44. The predicted octanol–water partition coefficient (Wildman–Crippen LogP) is 5.24. The molecule has 31 heavy (non-hydrogen) atoms. The molecule has 1 heterocycles. The summed E-state index contributed by atoms with van der Waals surface area (Å²) < 4.78 is 13.1. The van der Waals surface area contributed by atoms with Crippen molar-refractivity contribution in [3.63, 3.8) is 0 Å². The number of carbonyl (C=O) groups is 1. The van der Waals surface area contributed by atoms with E-state index in [1.807, 2.05) is 18.2 Å². The highest BCUT2D eigenvalue weighted by atomic mass is 35.5. The van der Waals surface area contributed by atoms with E-state index in [1.165, 1.54) is 18.9 Å². The predicted molar refractivity (Wildman–Crippen MR) is 121 cm³/mol. The molecule has 0 atom stereocenters. The number of nitrogens with one attached hydrogen (secondary N) is 1. The third-order valence-electron chi connectivity index (χ3n) is 4.61. The number of hydrogen-bond acceptors (Lipinski definition) is 6. The Balaban J connectivity index is 1.40. The monoisotopic (exact) mass is 478 g/mol. The first-order valence-electron chi connectivity index (χ1n) is 9.62. The molecule has 3 aromatic rings. The lowest BCUT2D eigenvalue weighted by molar-refractivity contribution is -0.113. The first kappa shape index (κ1) is 21.8. The molecule has 10 heteroatoms. The van der Waals surface area contributed by atoms with Crippen molar-refractivity contribution in [3.05, 3.63) is 58.3 Å². The van der Waals surface area contributed by atoms with Crippen LogP contribution in [0.2, 0.25) is 10.0 Å². The van der Waals surface area contributed by atoms with Gasteiger partial charge in [0.15, 0.2) is 11.0 Å². The summed E-state index contributed by atoms with van der Waals surface area (Å²) in [4.78, 5) is 12.5. The van der Waals surface area contributed by atoms with Gasteiger partial charge in [-0.2, -0.15) is 0 Å². The molecule has 2 aromatic carbocycles. The lowest BCUT2D eigenvalue weighted by atomic mass is 10.3. The molecule has 0 radical (unpaired) electrons. The van der Waals surface area contributed by atoms with Gasteiger partial charge >= 0.3 is 0 Å². The average Bonchev–Trinajstić information content (AvgIpc) is 3.52. The molecule has 4 rings (SSSR count). The van der Waals surface area contributed by atoms with E-state index in [4.69, 9.17) is 32.7 Å². The first-order valence-corrected chi connectivity index (χ1v) is 11.4. The van der Waals surface area contributed by atoms with Crippen molar-refractivity contribution >= 4 is 46.6 Å². The molecular formula is C21H20Cl2N4O3S. The van der Waals surface area contributed by atoms with Crippen molar-refractivity contribution in [1.29, 1.82) is 0 Å². The summed E-state index contributed by atoms with van der Waals surface area (Å²) in [7, 11) is 1.54. The zero-order valence-electron chi connectivity index (χ0n) is 16.7. The summed E-state index contributed by atoms with van der Waals surface area (Å²) in [6.45, 7) is 0.250. The van der Waals surface area contributed by atoms with Gasteiger partial charge < -0.3 is 14.8 Å². The number of benzene rings is 2. The topological polar surface area (TPSA) is 78.3 Å². The van der Waals surface area contributed by atoms with E-state index in [0.717, 1.165) is 12.8 Å². The SMILES string of the molecule is COc1ccc(Cl)cc1NC(=O)CSc1nnc(COc2ccccc2Cl)n1C1CC1. The van der Waals surface area contributed by atoms with Crippen LogP contribution in [0.1, 0.15) is 24.7 Å². The van der Waals surface area contributed by atoms with Gasteiger partial charge in [0.1, 0.15) is 18.1 Å². The number of aromatic nitrogens is 3. The van der Waals surface area contributed by atoms with E-state index < -0.39 is 0 Å². The van der Waals surface area contributed by atoms with Gasteiger partial charge in [0, 0.05) is 11.1 Å². The van der Waals surface area contributed by atoms with Crippen molar-refractivity contribution in [1.82, 2.24) is 14.8 Å². The van der Waals surface area contributed by atoms with Crippen molar-refractivity contribution in [2.75, 3.05) is 18.2 Å². The quantitative estimate of drug-likeness (QED) is 0.423. The van der Waals surface area contributed by atoms with E-state index in [1.54, 1.807) is 24.3 Å². The third-order valence-corrected chi connectivity index (χ3v) is 6.10. The lowest BCUT2D eigenvalue weighted by Crippen LogP contribution is -2.15. The fraction of sp³-hybridized carbons (Fsp3) is 0.286. The molecule has 0 spiro atoms. The molecule has 1 N–H and O–H groups in total. The smallest absolute Gasteiger partial charge is 0.234 e. The van der Waals surface area contributed by atoms with Crippen LogP contribution >= 0.6 is 35.0 Å². The number of nitrogens with zero attached hydrogens (tertiary/aromatic N) is 3. The van der Waals surface area contributed by atoms with E-state index in [0.29, 0.717) is 44.3 Å². The Morgan fingerprint density at radius 3 is 2.74 bits per heavy atom. The molecule has 1 saturated carbocycles. The fourth-order valence-corrected chi connectivity index (χ4v) is 4.19. The second kappa shape index (κ2) is 9.80. The molecule has 1 fully saturated rings. The number of rotatable bonds is 9. The Morgan fingerprint density at radius 1 is 1.19 bits per heavy atom. The van der Waals surface area contributed by atoms with E-state index in [9.17, 15) is 4.79 Å². The van der Waals surface area contributed by atoms with E-state index in [-0.39, 0.29) is 18.3 Å². The van der Waals surface area contributed by atoms with Crippen LogP contribution < -0.4 is 14.8 Å². The standard InChI is InChI=1S/C21H20Cl2N4O3S/c1-29-18-9-6-13(22)10-16(18)24-20(28)12-31-21-26-25-19(27(21)14-7-8-14)11-30-17-5-3-2-4-15(17)23/h2-6,9-10,14H,7-8,11-12H2,1H3,(H,24,28). The van der Waals surface area contributed by atoms with Crippen molar-refractivity contribution < 1.29 is 14.3 Å². The Morgan fingerprint density at radius 2 is 2.00 bits per heavy atom. The number of hydrogen-bond donors (Lipinski definition) is 1. The normalized spacial score (nSPS) is 13.1. The highest BCUT2D eigenvalue weighted by Crippen LogP contribution is 2.39. The van der Waals surface area contributed by atoms with Crippen molar-refractivity contribution in [2.24, 2.45) is 0 Å². The molecule has 1 aromatic heterocycles. The summed E-state index contributed by atoms with van der Waals surface area (Å²) in [6, 6.07) is 12.7. The minimum atomic E-state index is -0.190. The van der Waals surface area contributed by atoms with Gasteiger partial charge in [-0.1, -0.05) is 47.1 Å². The molecule has 1 aliphatic rings. The van der Waals surface area contributed by atoms with Crippen LogP contribution in [-0.2, 0) is 11.4 Å². The Bertz CT molecular complexity index is 1090. The maximum atomic E-state index is 12.5. The fourth-order valence-electron chi connectivity index (χ4n) is 3.00. The van der Waals surface area contributed by atoms with Gasteiger partial charge in [-0.25, -0.2) is 0 Å². The highest BCUT2D eigenvalue weighted by molar-refractivity contribution is 7.99. The molecule has 1 aliphatic carbocycles. The molecule has 162 valence electrons.